The predicted octanol–water partition coefficient (Wildman–Crippen LogP) is 3.76. The monoisotopic (exact) mass is 448 g/mol. The van der Waals surface area contributed by atoms with Gasteiger partial charge in [0.15, 0.2) is 0 Å². The summed E-state index contributed by atoms with van der Waals surface area (Å²) in [5, 5.41) is 4.53. The quantitative estimate of drug-likeness (QED) is 0.525. The van der Waals surface area contributed by atoms with Gasteiger partial charge in [0.05, 0.1) is 12.8 Å². The number of amides is 1. The Morgan fingerprint density at radius 1 is 0.970 bits per heavy atom. The number of benzene rings is 2. The van der Waals surface area contributed by atoms with Crippen LogP contribution in [0.15, 0.2) is 54.7 Å². The summed E-state index contributed by atoms with van der Waals surface area (Å²) >= 11 is 0. The van der Waals surface area contributed by atoms with Crippen LogP contribution in [0.25, 0.3) is 0 Å². The summed E-state index contributed by atoms with van der Waals surface area (Å²) < 4.78 is 13.0. The molecule has 1 fully saturated rings. The fourth-order valence-corrected chi connectivity index (χ4v) is 3.99. The molecule has 0 spiro atoms. The molecule has 7 nitrogen and oxygen atoms in total. The van der Waals surface area contributed by atoms with Crippen molar-refractivity contribution < 1.29 is 14.3 Å². The van der Waals surface area contributed by atoms with Crippen LogP contribution in [-0.2, 0) is 19.7 Å². The molecular weight excluding hydrogens is 416 g/mol. The molecule has 1 saturated heterocycles. The molecule has 4 rings (SSSR count). The first kappa shape index (κ1) is 22.9. The normalized spacial score (nSPS) is 14.3. The van der Waals surface area contributed by atoms with Crippen LogP contribution < -0.4 is 9.47 Å². The number of rotatable bonds is 8. The minimum absolute atomic E-state index is 0.0901. The van der Waals surface area contributed by atoms with Crippen molar-refractivity contribution in [2.24, 2.45) is 0 Å². The van der Waals surface area contributed by atoms with Crippen LogP contribution in [0.5, 0.6) is 11.5 Å². The van der Waals surface area contributed by atoms with E-state index in [1.165, 1.54) is 5.56 Å². The summed E-state index contributed by atoms with van der Waals surface area (Å²) in [6, 6.07) is 15.2. The lowest BCUT2D eigenvalue weighted by Crippen LogP contribution is -2.48. The van der Waals surface area contributed by atoms with Crippen LogP contribution in [0.2, 0.25) is 0 Å². The van der Waals surface area contributed by atoms with Crippen molar-refractivity contribution in [3.8, 4) is 11.5 Å². The lowest BCUT2D eigenvalue weighted by atomic mass is 10.1. The third-order valence-corrected chi connectivity index (χ3v) is 6.09. The van der Waals surface area contributed by atoms with Gasteiger partial charge in [-0.1, -0.05) is 12.1 Å². The summed E-state index contributed by atoms with van der Waals surface area (Å²) in [5.74, 6) is 1.67. The molecule has 1 aliphatic rings. The second kappa shape index (κ2) is 10.5. The van der Waals surface area contributed by atoms with E-state index in [9.17, 15) is 4.79 Å². The first-order valence-corrected chi connectivity index (χ1v) is 11.5. The van der Waals surface area contributed by atoms with E-state index in [1.54, 1.807) is 7.11 Å². The molecule has 2 heterocycles. The molecule has 0 aliphatic carbocycles. The van der Waals surface area contributed by atoms with E-state index in [-0.39, 0.29) is 5.91 Å². The Morgan fingerprint density at radius 3 is 2.24 bits per heavy atom. The van der Waals surface area contributed by atoms with Crippen LogP contribution in [0, 0.1) is 6.92 Å². The van der Waals surface area contributed by atoms with E-state index in [0.29, 0.717) is 6.61 Å². The van der Waals surface area contributed by atoms with Gasteiger partial charge < -0.3 is 14.4 Å². The smallest absolute Gasteiger partial charge is 0.253 e. The van der Waals surface area contributed by atoms with Gasteiger partial charge in [0.2, 0.25) is 0 Å². The second-order valence-corrected chi connectivity index (χ2v) is 8.32. The van der Waals surface area contributed by atoms with Crippen LogP contribution in [-0.4, -0.2) is 58.8 Å². The highest BCUT2D eigenvalue weighted by molar-refractivity contribution is 5.94. The van der Waals surface area contributed by atoms with Crippen LogP contribution in [0.4, 0.5) is 0 Å². The number of aromatic nitrogens is 2. The molecule has 0 saturated carbocycles. The molecule has 0 atom stereocenters. The van der Waals surface area contributed by atoms with Crippen molar-refractivity contribution in [2.45, 2.75) is 33.5 Å². The average Bonchev–Trinajstić information content (AvgIpc) is 3.22. The minimum atomic E-state index is 0.0901. The Morgan fingerprint density at radius 2 is 1.64 bits per heavy atom. The molecule has 0 N–H and O–H groups in total. The van der Waals surface area contributed by atoms with Gasteiger partial charge in [-0.2, -0.15) is 5.10 Å². The van der Waals surface area contributed by atoms with E-state index >= 15 is 0 Å². The molecule has 33 heavy (non-hydrogen) atoms. The summed E-state index contributed by atoms with van der Waals surface area (Å²) in [4.78, 5) is 17.3. The molecule has 2 aromatic carbocycles. The topological polar surface area (TPSA) is 59.8 Å². The first-order valence-electron chi connectivity index (χ1n) is 11.5. The number of carbonyl (C=O) groups is 1. The van der Waals surface area contributed by atoms with Crippen LogP contribution >= 0.6 is 0 Å². The lowest BCUT2D eigenvalue weighted by Gasteiger charge is -2.34. The molecule has 174 valence electrons. The van der Waals surface area contributed by atoms with Gasteiger partial charge in [0, 0.05) is 56.6 Å². The Kier molecular flexibility index (Phi) is 7.29. The predicted molar refractivity (Wildman–Crippen MR) is 128 cm³/mol. The highest BCUT2D eigenvalue weighted by Gasteiger charge is 2.23. The zero-order valence-corrected chi connectivity index (χ0v) is 19.7. The Hall–Kier alpha value is -3.32. The van der Waals surface area contributed by atoms with Crippen LogP contribution in [0.3, 0.4) is 0 Å². The summed E-state index contributed by atoms with van der Waals surface area (Å²) in [6.07, 6.45) is 2.13. The Balaban J connectivity index is 1.26. The van der Waals surface area contributed by atoms with E-state index in [2.05, 4.69) is 30.0 Å². The number of nitrogens with zero attached hydrogens (tertiary/aromatic N) is 4. The van der Waals surface area contributed by atoms with Crippen molar-refractivity contribution in [1.82, 2.24) is 19.6 Å². The molecule has 1 amide bonds. The highest BCUT2D eigenvalue weighted by atomic mass is 16.5. The molecule has 1 aliphatic heterocycles. The molecule has 0 unspecified atom stereocenters. The molecule has 1 aromatic heterocycles. The number of hydrogen-bond acceptors (Lipinski definition) is 5. The number of methoxy groups -OCH3 is 1. The standard InChI is InChI=1S/C26H32N4O3/c1-4-30-18-23(20(2)27-30)17-28-13-15-29(16-14-28)26(31)22-7-5-21(6-8-22)19-33-25-11-9-24(32-3)10-12-25/h5-12,18H,4,13-17,19H2,1-3H3. The maximum absolute atomic E-state index is 13.0. The van der Waals surface area contributed by atoms with Gasteiger partial charge >= 0.3 is 0 Å². The molecule has 7 heteroatoms. The third-order valence-electron chi connectivity index (χ3n) is 6.09. The molecule has 0 radical (unpaired) electrons. The van der Waals surface area contributed by atoms with Crippen molar-refractivity contribution in [3.05, 3.63) is 77.1 Å². The van der Waals surface area contributed by atoms with E-state index in [0.717, 1.165) is 67.6 Å². The SMILES string of the molecule is CCn1cc(CN2CCN(C(=O)c3ccc(COc4ccc(OC)cc4)cc3)CC2)c(C)n1. The maximum Gasteiger partial charge on any atom is 0.253 e. The highest BCUT2D eigenvalue weighted by Crippen LogP contribution is 2.19. The average molecular weight is 449 g/mol. The zero-order valence-electron chi connectivity index (χ0n) is 19.7. The molecule has 0 bridgehead atoms. The van der Waals surface area contributed by atoms with Gasteiger partial charge in [-0.3, -0.25) is 14.4 Å². The Labute approximate surface area is 195 Å². The lowest BCUT2D eigenvalue weighted by molar-refractivity contribution is 0.0628. The first-order chi connectivity index (χ1) is 16.1. The second-order valence-electron chi connectivity index (χ2n) is 8.32. The van der Waals surface area contributed by atoms with Crippen molar-refractivity contribution in [1.29, 1.82) is 0 Å². The Bertz CT molecular complexity index is 1050. The number of ether oxygens (including phenoxy) is 2. The fraction of sp³-hybridized carbons (Fsp3) is 0.385. The molecular formula is C26H32N4O3. The summed E-state index contributed by atoms with van der Waals surface area (Å²) in [5.41, 5.74) is 4.10. The zero-order chi connectivity index (χ0) is 23.2. The fourth-order valence-electron chi connectivity index (χ4n) is 3.99. The van der Waals surface area contributed by atoms with Gasteiger partial charge in [-0.15, -0.1) is 0 Å². The van der Waals surface area contributed by atoms with Crippen molar-refractivity contribution in [2.75, 3.05) is 33.3 Å². The van der Waals surface area contributed by atoms with Crippen molar-refractivity contribution in [3.63, 3.8) is 0 Å². The van der Waals surface area contributed by atoms with Gasteiger partial charge in [0.1, 0.15) is 18.1 Å². The van der Waals surface area contributed by atoms with E-state index in [4.69, 9.17) is 9.47 Å². The third kappa shape index (κ3) is 5.73. The number of piperazine rings is 1. The van der Waals surface area contributed by atoms with Crippen molar-refractivity contribution >= 4 is 5.91 Å². The van der Waals surface area contributed by atoms with E-state index in [1.807, 2.05) is 58.1 Å². The molecule has 3 aromatic rings. The number of hydrogen-bond donors (Lipinski definition) is 0. The van der Waals surface area contributed by atoms with E-state index < -0.39 is 0 Å². The minimum Gasteiger partial charge on any atom is -0.497 e. The summed E-state index contributed by atoms with van der Waals surface area (Å²) in [6.45, 7) is 9.60. The van der Waals surface area contributed by atoms with Gasteiger partial charge in [-0.25, -0.2) is 0 Å². The van der Waals surface area contributed by atoms with Crippen LogP contribution in [0.1, 0.15) is 34.1 Å². The largest absolute Gasteiger partial charge is 0.497 e. The summed E-state index contributed by atoms with van der Waals surface area (Å²) in [7, 11) is 1.64. The van der Waals surface area contributed by atoms with Gasteiger partial charge in [-0.05, 0) is 55.8 Å². The van der Waals surface area contributed by atoms with Gasteiger partial charge in [0.25, 0.3) is 5.91 Å². The number of aryl methyl sites for hydroxylation is 2. The number of carbonyl (C=O) groups excluding carboxylic acids is 1. The maximum atomic E-state index is 13.0.